The van der Waals surface area contributed by atoms with E-state index in [1.807, 2.05) is 0 Å². The number of imidazole rings is 1. The van der Waals surface area contributed by atoms with Gasteiger partial charge in [0.2, 0.25) is 53.2 Å². The van der Waals surface area contributed by atoms with E-state index in [1.165, 1.54) is 19.4 Å². The van der Waals surface area contributed by atoms with Gasteiger partial charge in [-0.3, -0.25) is 57.9 Å². The first-order valence-electron chi connectivity index (χ1n) is 27.2. The van der Waals surface area contributed by atoms with Gasteiger partial charge in [-0.1, -0.05) is 57.5 Å². The Balaban J connectivity index is 2.32. The number of amides is 9. The Morgan fingerprint density at radius 2 is 1.16 bits per heavy atom. The van der Waals surface area contributed by atoms with Crippen molar-refractivity contribution in [1.29, 1.82) is 0 Å². The minimum absolute atomic E-state index is 0.0383. The van der Waals surface area contributed by atoms with Crippen molar-refractivity contribution in [3.63, 3.8) is 0 Å². The smallest absolute Gasteiger partial charge is 0.323 e. The fraction of sp³-hybridized carbons (Fsp3) is 0.596. The quantitative estimate of drug-likeness (QED) is 0.0171. The molecule has 2 unspecified atom stereocenters. The van der Waals surface area contributed by atoms with E-state index in [4.69, 9.17) is 28.7 Å². The van der Waals surface area contributed by atoms with Crippen LogP contribution in [0, 0.1) is 5.92 Å². The number of aromatic nitrogens is 2. The minimum atomic E-state index is -1.85. The summed E-state index contributed by atoms with van der Waals surface area (Å²) in [5.74, 6) is -10.2. The molecule has 12 atom stereocenters. The summed E-state index contributed by atoms with van der Waals surface area (Å²) in [5.41, 5.74) is 28.5. The molecule has 0 bridgehead atoms. The van der Waals surface area contributed by atoms with E-state index in [2.05, 4.69) is 62.5 Å². The monoisotopic (exact) mass is 1170 g/mol. The molecule has 1 aromatic heterocycles. The van der Waals surface area contributed by atoms with Crippen LogP contribution in [-0.4, -0.2) is 194 Å². The van der Waals surface area contributed by atoms with Crippen molar-refractivity contribution in [3.05, 3.63) is 54.1 Å². The van der Waals surface area contributed by atoms with Crippen LogP contribution in [0.2, 0.25) is 0 Å². The van der Waals surface area contributed by atoms with Gasteiger partial charge in [0.15, 0.2) is 11.9 Å². The molecule has 1 heterocycles. The van der Waals surface area contributed by atoms with Crippen LogP contribution < -0.4 is 71.2 Å². The van der Waals surface area contributed by atoms with Crippen LogP contribution in [0.4, 0.5) is 0 Å². The van der Waals surface area contributed by atoms with Crippen molar-refractivity contribution in [2.45, 2.75) is 166 Å². The van der Waals surface area contributed by atoms with Crippen LogP contribution in [0.5, 0.6) is 0 Å². The molecule has 0 spiro atoms. The predicted octanol–water partition coefficient (Wildman–Crippen LogP) is -5.32. The third kappa shape index (κ3) is 25.5. The molecule has 0 fully saturated rings. The first-order chi connectivity index (χ1) is 39.1. The summed E-state index contributed by atoms with van der Waals surface area (Å²) >= 11 is 0. The van der Waals surface area contributed by atoms with Crippen molar-refractivity contribution < 1.29 is 63.3 Å². The number of hydrogen-bond acceptors (Lipinski definition) is 16. The van der Waals surface area contributed by atoms with Gasteiger partial charge in [-0.05, 0) is 71.3 Å². The number of carbonyl (C=O) groups excluding carboxylic acids is 9. The van der Waals surface area contributed by atoms with Crippen LogP contribution >= 0.6 is 0 Å². The van der Waals surface area contributed by atoms with Gasteiger partial charge >= 0.3 is 5.97 Å². The van der Waals surface area contributed by atoms with Crippen molar-refractivity contribution in [2.75, 3.05) is 26.2 Å². The highest BCUT2D eigenvalue weighted by molar-refractivity contribution is 5.98. The number of nitrogens with one attached hydrogen (secondary N) is 9. The molecule has 31 heteroatoms. The summed E-state index contributed by atoms with van der Waals surface area (Å²) in [6.07, 6.45) is 0.394. The Labute approximate surface area is 481 Å². The number of rotatable bonds is 37. The van der Waals surface area contributed by atoms with E-state index in [0.717, 1.165) is 18.7 Å². The fourth-order valence-electron chi connectivity index (χ4n) is 8.03. The first-order valence-corrected chi connectivity index (χ1v) is 27.2. The number of aromatic amines is 1. The zero-order chi connectivity index (χ0) is 62.5. The van der Waals surface area contributed by atoms with Crippen molar-refractivity contribution in [3.8, 4) is 0 Å². The Morgan fingerprint density at radius 1 is 0.627 bits per heavy atom. The van der Waals surface area contributed by atoms with Crippen molar-refractivity contribution in [2.24, 2.45) is 44.6 Å². The maximum Gasteiger partial charge on any atom is 0.323 e. The van der Waals surface area contributed by atoms with Crippen LogP contribution in [0.25, 0.3) is 0 Å². The Kier molecular flexibility index (Phi) is 30.7. The Bertz CT molecular complexity index is 2510. The SMILES string of the molecule is CCC(C)[C@H](NC(=O)[C@@H](CCCN=C(N)N)NC(=O)CNC(=O)[C@@H](NC(=O)[C@@H](NC(=O)[C@H](Cc1cnc[nH]1)NC(=O)[C@@H](Cc1ccccc1)NC(=O)[C@H](C)NC(=O)[C@@H](N)CCCN=C(N)N)[C@@H](C)O)[C@@H](C)O)C(=O)N(CC(=O)O)C(C)CC. The highest BCUT2D eigenvalue weighted by Gasteiger charge is 2.37. The number of carbonyl (C=O) groups is 10. The van der Waals surface area contributed by atoms with Gasteiger partial charge < -0.3 is 96.4 Å². The third-order valence-electron chi connectivity index (χ3n) is 13.2. The highest BCUT2D eigenvalue weighted by atomic mass is 16.4. The average molecular weight is 1170 g/mol. The number of aliphatic imine (C=N–C) groups is 2. The molecule has 22 N–H and O–H groups in total. The molecule has 462 valence electrons. The van der Waals surface area contributed by atoms with E-state index in [1.54, 1.807) is 58.0 Å². The van der Waals surface area contributed by atoms with Crippen LogP contribution in [0.15, 0.2) is 52.8 Å². The second-order valence-electron chi connectivity index (χ2n) is 20.1. The predicted molar refractivity (Wildman–Crippen MR) is 304 cm³/mol. The summed E-state index contributed by atoms with van der Waals surface area (Å²) in [7, 11) is 0. The minimum Gasteiger partial charge on any atom is -0.480 e. The van der Waals surface area contributed by atoms with Gasteiger partial charge in [-0.25, -0.2) is 4.98 Å². The number of carboxylic acid groups (broad SMARTS) is 1. The summed E-state index contributed by atoms with van der Waals surface area (Å²) in [5, 5.41) is 51.0. The summed E-state index contributed by atoms with van der Waals surface area (Å²) in [4.78, 5) is 151. The standard InChI is InChI=1S/C52H86N18O13/c1-8-27(3)40(50(83)70(25-39(74)75)28(4)9-2)67-45(78)35(18-14-20-60-52(56)57)64-38(73)24-61-48(81)41(30(6)71)69-49(82)42(31(7)72)68-47(80)37(22-33-23-58-26-62-33)66-46(79)36(21-32-15-11-10-12-16-32)65-43(76)29(5)63-44(77)34(53)17-13-19-59-51(54)55/h10-12,15-16,23,26-31,34-37,40-42,71-72H,8-9,13-14,17-22,24-25,53H2,1-7H3,(H,58,62)(H,61,81)(H,63,77)(H,64,73)(H,65,76)(H,66,79)(H,67,78)(H,68,80)(H,69,82)(H,74,75)(H4,54,55,59)(H4,56,57,60)/t27?,28?,29-,30+,31+,34-,35+,36+,37-,40-,41-,42-/m0/s1. The lowest BCUT2D eigenvalue weighted by atomic mass is 9.96. The molecule has 0 saturated carbocycles. The number of guanidine groups is 2. The van der Waals surface area contributed by atoms with E-state index < -0.39 is 145 Å². The van der Waals surface area contributed by atoms with Crippen molar-refractivity contribution >= 4 is 71.1 Å². The average Bonchev–Trinajstić information content (AvgIpc) is 3.98. The van der Waals surface area contributed by atoms with E-state index in [9.17, 15) is 63.3 Å². The number of benzene rings is 1. The summed E-state index contributed by atoms with van der Waals surface area (Å²) < 4.78 is 0. The summed E-state index contributed by atoms with van der Waals surface area (Å²) in [6.45, 7) is 9.37. The lowest BCUT2D eigenvalue weighted by Crippen LogP contribution is -2.63. The molecular formula is C52H86N18O13. The van der Waals surface area contributed by atoms with Gasteiger partial charge in [0, 0.05) is 43.9 Å². The second-order valence-corrected chi connectivity index (χ2v) is 20.1. The second kappa shape index (κ2) is 36.1. The van der Waals surface area contributed by atoms with Crippen LogP contribution in [0.1, 0.15) is 98.2 Å². The van der Waals surface area contributed by atoms with Gasteiger partial charge in [0.25, 0.3) is 0 Å². The Hall–Kier alpha value is -8.45. The number of carboxylic acids is 1. The maximum atomic E-state index is 14.2. The molecule has 0 aliphatic carbocycles. The molecule has 83 heavy (non-hydrogen) atoms. The molecule has 0 aliphatic heterocycles. The largest absolute Gasteiger partial charge is 0.480 e. The van der Waals surface area contributed by atoms with Crippen LogP contribution in [-0.2, 0) is 60.8 Å². The van der Waals surface area contributed by atoms with E-state index in [0.29, 0.717) is 30.5 Å². The highest BCUT2D eigenvalue weighted by Crippen LogP contribution is 2.16. The molecule has 2 aromatic rings. The molecular weight excluding hydrogens is 1080 g/mol. The number of nitrogens with zero attached hydrogens (tertiary/aromatic N) is 4. The third-order valence-corrected chi connectivity index (χ3v) is 13.2. The zero-order valence-corrected chi connectivity index (χ0v) is 48.1. The van der Waals surface area contributed by atoms with Gasteiger partial charge in [-0.2, -0.15) is 0 Å². The normalized spacial score (nSPS) is 15.3. The molecule has 0 radical (unpaired) electrons. The van der Waals surface area contributed by atoms with Gasteiger partial charge in [-0.15, -0.1) is 0 Å². The van der Waals surface area contributed by atoms with Gasteiger partial charge in [0.05, 0.1) is 31.1 Å². The zero-order valence-electron chi connectivity index (χ0n) is 48.1. The number of aliphatic hydroxyl groups excluding tert-OH is 2. The topological polar surface area (TPSA) is 514 Å². The molecule has 2 rings (SSSR count). The number of hydrogen-bond donors (Lipinski definition) is 17. The number of aliphatic hydroxyl groups is 2. The number of aliphatic carboxylic acids is 1. The van der Waals surface area contributed by atoms with E-state index in [-0.39, 0.29) is 57.1 Å². The van der Waals surface area contributed by atoms with Crippen LogP contribution in [0.3, 0.4) is 0 Å². The first kappa shape index (κ1) is 70.7. The Morgan fingerprint density at radius 3 is 1.70 bits per heavy atom. The lowest BCUT2D eigenvalue weighted by Gasteiger charge is -2.34. The molecule has 1 aromatic carbocycles. The summed E-state index contributed by atoms with van der Waals surface area (Å²) in [6, 6.07) is -3.33. The molecule has 0 aliphatic rings. The molecule has 31 nitrogen and oxygen atoms in total. The molecule has 0 saturated heterocycles. The fourth-order valence-corrected chi connectivity index (χ4v) is 8.03. The number of nitrogens with two attached hydrogens (primary N) is 5. The maximum absolute atomic E-state index is 14.2. The number of H-pyrrole nitrogens is 1. The van der Waals surface area contributed by atoms with E-state index >= 15 is 0 Å². The molecule has 9 amide bonds. The lowest BCUT2D eigenvalue weighted by molar-refractivity contribution is -0.148. The van der Waals surface area contributed by atoms with Crippen molar-refractivity contribution in [1.82, 2.24) is 57.4 Å². The van der Waals surface area contributed by atoms with Gasteiger partial charge in [0.1, 0.15) is 48.8 Å².